The third-order valence-electron chi connectivity index (χ3n) is 3.30. The fraction of sp³-hybridized carbons (Fsp3) is 0.235. The zero-order chi connectivity index (χ0) is 15.2. The molecule has 0 radical (unpaired) electrons. The molecule has 0 saturated heterocycles. The Labute approximate surface area is 124 Å². The number of carbonyl (C=O) groups excluding carboxylic acids is 1. The summed E-state index contributed by atoms with van der Waals surface area (Å²) in [5.41, 5.74) is 0.184. The molecular weight excluding hydrogens is 268 g/mol. The number of hydrogen-bond acceptors (Lipinski definition) is 4. The van der Waals surface area contributed by atoms with Crippen molar-refractivity contribution >= 4 is 5.78 Å². The fourth-order valence-electron chi connectivity index (χ4n) is 2.14. The minimum Gasteiger partial charge on any atom is -0.507 e. The smallest absolute Gasteiger partial charge is 0.193 e. The van der Waals surface area contributed by atoms with Gasteiger partial charge in [0.05, 0.1) is 14.2 Å². The SMILES string of the molecule is COC1=CCC(C=CC(=O)c2c(O)cccc2OC)C=C1. The van der Waals surface area contributed by atoms with Crippen LogP contribution in [0.15, 0.2) is 54.3 Å². The Kier molecular flexibility index (Phi) is 4.82. The first kappa shape index (κ1) is 14.9. The molecule has 0 fully saturated rings. The third-order valence-corrected chi connectivity index (χ3v) is 3.30. The highest BCUT2D eigenvalue weighted by Crippen LogP contribution is 2.28. The molecule has 1 aliphatic carbocycles. The van der Waals surface area contributed by atoms with Gasteiger partial charge in [0.1, 0.15) is 22.8 Å². The predicted molar refractivity (Wildman–Crippen MR) is 80.5 cm³/mol. The molecule has 1 unspecified atom stereocenters. The van der Waals surface area contributed by atoms with Gasteiger partial charge < -0.3 is 14.6 Å². The molecule has 2 rings (SSSR count). The van der Waals surface area contributed by atoms with Crippen molar-refractivity contribution in [2.45, 2.75) is 6.42 Å². The summed E-state index contributed by atoms with van der Waals surface area (Å²) in [7, 11) is 3.09. The number of allylic oxidation sites excluding steroid dienone is 5. The number of ketones is 1. The summed E-state index contributed by atoms with van der Waals surface area (Å²) in [6.45, 7) is 0. The molecule has 1 aliphatic rings. The molecule has 0 aromatic heterocycles. The van der Waals surface area contributed by atoms with E-state index in [0.29, 0.717) is 5.75 Å². The van der Waals surface area contributed by atoms with Crippen LogP contribution in [0.25, 0.3) is 0 Å². The van der Waals surface area contributed by atoms with E-state index in [1.165, 1.54) is 19.3 Å². The van der Waals surface area contributed by atoms with Crippen LogP contribution in [-0.4, -0.2) is 25.1 Å². The average molecular weight is 286 g/mol. The second-order valence-corrected chi connectivity index (χ2v) is 4.65. The monoisotopic (exact) mass is 286 g/mol. The van der Waals surface area contributed by atoms with Crippen molar-refractivity contribution in [1.29, 1.82) is 0 Å². The number of benzene rings is 1. The van der Waals surface area contributed by atoms with Gasteiger partial charge in [-0.3, -0.25) is 4.79 Å². The number of aromatic hydroxyl groups is 1. The molecule has 0 saturated carbocycles. The summed E-state index contributed by atoms with van der Waals surface area (Å²) < 4.78 is 10.2. The highest BCUT2D eigenvalue weighted by Gasteiger charge is 2.15. The molecule has 21 heavy (non-hydrogen) atoms. The van der Waals surface area contributed by atoms with E-state index in [-0.39, 0.29) is 23.0 Å². The largest absolute Gasteiger partial charge is 0.507 e. The molecular formula is C17H18O4. The van der Waals surface area contributed by atoms with Gasteiger partial charge in [-0.1, -0.05) is 18.2 Å². The highest BCUT2D eigenvalue weighted by molar-refractivity contribution is 6.08. The third kappa shape index (κ3) is 3.54. The summed E-state index contributed by atoms with van der Waals surface area (Å²) in [4.78, 5) is 12.2. The number of rotatable bonds is 5. The van der Waals surface area contributed by atoms with Gasteiger partial charge in [-0.25, -0.2) is 0 Å². The zero-order valence-corrected chi connectivity index (χ0v) is 12.1. The maximum atomic E-state index is 12.2. The molecule has 0 bridgehead atoms. The van der Waals surface area contributed by atoms with E-state index in [9.17, 15) is 9.90 Å². The summed E-state index contributed by atoms with van der Waals surface area (Å²) >= 11 is 0. The number of methoxy groups -OCH3 is 2. The average Bonchev–Trinajstić information content (AvgIpc) is 2.52. The van der Waals surface area contributed by atoms with Crippen LogP contribution in [0.5, 0.6) is 11.5 Å². The Morgan fingerprint density at radius 1 is 1.33 bits per heavy atom. The van der Waals surface area contributed by atoms with E-state index >= 15 is 0 Å². The number of carbonyl (C=O) groups is 1. The number of hydrogen-bond donors (Lipinski definition) is 1. The molecule has 110 valence electrons. The highest BCUT2D eigenvalue weighted by atomic mass is 16.5. The van der Waals surface area contributed by atoms with Crippen LogP contribution in [0, 0.1) is 5.92 Å². The first-order chi connectivity index (χ1) is 10.2. The number of phenolic OH excluding ortho intramolecular Hbond substituents is 1. The van der Waals surface area contributed by atoms with Crippen molar-refractivity contribution in [2.75, 3.05) is 14.2 Å². The molecule has 0 amide bonds. The van der Waals surface area contributed by atoms with Crippen molar-refractivity contribution in [2.24, 2.45) is 5.92 Å². The number of phenols is 1. The summed E-state index contributed by atoms with van der Waals surface area (Å²) in [6.07, 6.45) is 9.89. The standard InChI is InChI=1S/C17H18O4/c1-20-13-9-6-12(7-10-13)8-11-15(19)17-14(18)4-3-5-16(17)21-2/h3-6,8-12,18H,7H2,1-2H3. The maximum absolute atomic E-state index is 12.2. The van der Waals surface area contributed by atoms with Crippen molar-refractivity contribution in [3.63, 3.8) is 0 Å². The Morgan fingerprint density at radius 2 is 2.14 bits per heavy atom. The van der Waals surface area contributed by atoms with E-state index in [1.54, 1.807) is 19.2 Å². The Morgan fingerprint density at radius 3 is 2.76 bits per heavy atom. The lowest BCUT2D eigenvalue weighted by molar-refractivity contribution is 0.104. The van der Waals surface area contributed by atoms with Crippen molar-refractivity contribution in [3.05, 3.63) is 59.9 Å². The van der Waals surface area contributed by atoms with Gasteiger partial charge in [-0.05, 0) is 42.7 Å². The lowest BCUT2D eigenvalue weighted by Crippen LogP contribution is -2.02. The maximum Gasteiger partial charge on any atom is 0.193 e. The van der Waals surface area contributed by atoms with Crippen LogP contribution in [-0.2, 0) is 4.74 Å². The van der Waals surface area contributed by atoms with Crippen LogP contribution in [0.3, 0.4) is 0 Å². The minimum atomic E-state index is -0.278. The summed E-state index contributed by atoms with van der Waals surface area (Å²) in [5.74, 6) is 0.980. The van der Waals surface area contributed by atoms with Crippen molar-refractivity contribution in [1.82, 2.24) is 0 Å². The zero-order valence-electron chi connectivity index (χ0n) is 12.1. The fourth-order valence-corrected chi connectivity index (χ4v) is 2.14. The normalized spacial score (nSPS) is 17.6. The second kappa shape index (κ2) is 6.79. The van der Waals surface area contributed by atoms with Gasteiger partial charge in [0.25, 0.3) is 0 Å². The predicted octanol–water partition coefficient (Wildman–Crippen LogP) is 3.25. The second-order valence-electron chi connectivity index (χ2n) is 4.65. The molecule has 1 aromatic carbocycles. The molecule has 4 nitrogen and oxygen atoms in total. The quantitative estimate of drug-likeness (QED) is 0.667. The van der Waals surface area contributed by atoms with Gasteiger partial charge >= 0.3 is 0 Å². The Bertz CT molecular complexity index is 611. The molecule has 0 spiro atoms. The Hall–Kier alpha value is -2.49. The van der Waals surface area contributed by atoms with Crippen molar-refractivity contribution in [3.8, 4) is 11.5 Å². The van der Waals surface area contributed by atoms with Crippen LogP contribution >= 0.6 is 0 Å². The summed E-state index contributed by atoms with van der Waals surface area (Å²) in [6, 6.07) is 4.75. The number of ether oxygens (including phenoxy) is 2. The van der Waals surface area contributed by atoms with Crippen LogP contribution in [0.2, 0.25) is 0 Å². The lowest BCUT2D eigenvalue weighted by Gasteiger charge is -2.12. The first-order valence-corrected chi connectivity index (χ1v) is 6.66. The van der Waals surface area contributed by atoms with E-state index in [1.807, 2.05) is 24.3 Å². The molecule has 1 atom stereocenters. The van der Waals surface area contributed by atoms with E-state index in [4.69, 9.17) is 9.47 Å². The minimum absolute atomic E-state index is 0.0789. The van der Waals surface area contributed by atoms with Gasteiger partial charge in [-0.15, -0.1) is 0 Å². The van der Waals surface area contributed by atoms with E-state index < -0.39 is 0 Å². The van der Waals surface area contributed by atoms with E-state index in [2.05, 4.69) is 0 Å². The van der Waals surface area contributed by atoms with Gasteiger partial charge in [0.15, 0.2) is 5.78 Å². The Balaban J connectivity index is 2.11. The molecule has 1 aromatic rings. The molecule has 1 N–H and O–H groups in total. The van der Waals surface area contributed by atoms with Gasteiger partial charge in [0.2, 0.25) is 0 Å². The van der Waals surface area contributed by atoms with Gasteiger partial charge in [0, 0.05) is 0 Å². The van der Waals surface area contributed by atoms with Crippen LogP contribution in [0.1, 0.15) is 16.8 Å². The molecule has 4 heteroatoms. The topological polar surface area (TPSA) is 55.8 Å². The summed E-state index contributed by atoms with van der Waals surface area (Å²) in [5, 5.41) is 9.82. The lowest BCUT2D eigenvalue weighted by atomic mass is 9.98. The molecule has 0 heterocycles. The van der Waals surface area contributed by atoms with Crippen LogP contribution < -0.4 is 4.74 Å². The first-order valence-electron chi connectivity index (χ1n) is 6.66. The molecule has 0 aliphatic heterocycles. The van der Waals surface area contributed by atoms with Gasteiger partial charge in [-0.2, -0.15) is 0 Å². The van der Waals surface area contributed by atoms with Crippen LogP contribution in [0.4, 0.5) is 0 Å². The van der Waals surface area contributed by atoms with Crippen molar-refractivity contribution < 1.29 is 19.4 Å². The van der Waals surface area contributed by atoms with E-state index in [0.717, 1.165) is 12.2 Å².